The van der Waals surface area contributed by atoms with Gasteiger partial charge in [-0.1, -0.05) is 170 Å². The van der Waals surface area contributed by atoms with Crippen molar-refractivity contribution in [2.45, 2.75) is 0 Å². The maximum Gasteiger partial charge on any atom is 0.0554 e. The number of hydrogen-bond donors (Lipinski definition) is 0. The van der Waals surface area contributed by atoms with E-state index < -0.39 is 0 Å². The van der Waals surface area contributed by atoms with Gasteiger partial charge in [0.15, 0.2) is 0 Å². The van der Waals surface area contributed by atoms with Crippen LogP contribution in [0.2, 0.25) is 0 Å². The lowest BCUT2D eigenvalue weighted by Crippen LogP contribution is -2.10. The van der Waals surface area contributed by atoms with E-state index in [1.54, 1.807) is 0 Å². The highest BCUT2D eigenvalue weighted by Crippen LogP contribution is 2.46. The molecular formula is C52H35NS. The molecule has 0 bridgehead atoms. The largest absolute Gasteiger partial charge is 0.310 e. The topological polar surface area (TPSA) is 3.24 Å². The minimum atomic E-state index is 1.11. The molecule has 10 rings (SSSR count). The van der Waals surface area contributed by atoms with Gasteiger partial charge in [0.2, 0.25) is 0 Å². The van der Waals surface area contributed by atoms with Crippen molar-refractivity contribution in [2.24, 2.45) is 0 Å². The van der Waals surface area contributed by atoms with Crippen LogP contribution in [0.5, 0.6) is 0 Å². The SMILES string of the molecule is c1ccc(-c2ccccc2-c2ccc(N(c3ccc(-c4ccc5ccccc5c4-c4ccccc4)cc3)c3cccc4sc5ccccc5c34)cc2)cc1. The van der Waals surface area contributed by atoms with Crippen molar-refractivity contribution >= 4 is 59.3 Å². The van der Waals surface area contributed by atoms with Crippen LogP contribution in [0.15, 0.2) is 212 Å². The predicted octanol–water partition coefficient (Wildman–Crippen LogP) is 15.3. The van der Waals surface area contributed by atoms with Crippen molar-refractivity contribution in [1.82, 2.24) is 0 Å². The third-order valence-electron chi connectivity index (χ3n) is 10.5. The van der Waals surface area contributed by atoms with Crippen molar-refractivity contribution < 1.29 is 0 Å². The van der Waals surface area contributed by atoms with Crippen LogP contribution in [0.1, 0.15) is 0 Å². The molecule has 0 fully saturated rings. The van der Waals surface area contributed by atoms with Crippen LogP contribution in [-0.4, -0.2) is 0 Å². The molecule has 0 unspecified atom stereocenters. The number of thiophene rings is 1. The van der Waals surface area contributed by atoms with E-state index in [4.69, 9.17) is 0 Å². The second-order valence-electron chi connectivity index (χ2n) is 13.7. The highest BCUT2D eigenvalue weighted by atomic mass is 32.1. The third kappa shape index (κ3) is 5.65. The summed E-state index contributed by atoms with van der Waals surface area (Å²) in [5.41, 5.74) is 13.2. The average molecular weight is 706 g/mol. The number of anilines is 3. The number of nitrogens with zero attached hydrogens (tertiary/aromatic N) is 1. The van der Waals surface area contributed by atoms with E-state index in [0.29, 0.717) is 0 Å². The van der Waals surface area contributed by atoms with Crippen molar-refractivity contribution in [3.63, 3.8) is 0 Å². The van der Waals surface area contributed by atoms with Gasteiger partial charge in [0.05, 0.1) is 5.69 Å². The van der Waals surface area contributed by atoms with Gasteiger partial charge in [-0.2, -0.15) is 0 Å². The lowest BCUT2D eigenvalue weighted by Gasteiger charge is -2.27. The molecule has 0 saturated heterocycles. The molecule has 0 saturated carbocycles. The first-order chi connectivity index (χ1) is 26.8. The second kappa shape index (κ2) is 13.7. The van der Waals surface area contributed by atoms with Gasteiger partial charge in [-0.15, -0.1) is 11.3 Å². The molecule has 0 aliphatic carbocycles. The van der Waals surface area contributed by atoms with Crippen LogP contribution in [0.4, 0.5) is 17.1 Å². The molecule has 1 aromatic heterocycles. The summed E-state index contributed by atoms with van der Waals surface area (Å²) >= 11 is 1.86. The summed E-state index contributed by atoms with van der Waals surface area (Å²) in [5.74, 6) is 0. The Kier molecular flexibility index (Phi) is 8.09. The summed E-state index contributed by atoms with van der Waals surface area (Å²) < 4.78 is 2.58. The van der Waals surface area contributed by atoms with E-state index in [1.807, 2.05) is 11.3 Å². The minimum absolute atomic E-state index is 1.11. The quantitative estimate of drug-likeness (QED) is 0.160. The smallest absolute Gasteiger partial charge is 0.0554 e. The number of fused-ring (bicyclic) bond motifs is 4. The van der Waals surface area contributed by atoms with Crippen LogP contribution in [0, 0.1) is 0 Å². The van der Waals surface area contributed by atoms with Gasteiger partial charge in [0.25, 0.3) is 0 Å². The molecule has 254 valence electrons. The van der Waals surface area contributed by atoms with E-state index in [2.05, 4.69) is 217 Å². The Hall–Kier alpha value is -6.74. The monoisotopic (exact) mass is 705 g/mol. The maximum atomic E-state index is 2.43. The van der Waals surface area contributed by atoms with Crippen LogP contribution in [0.25, 0.3) is 75.5 Å². The molecule has 0 amide bonds. The average Bonchev–Trinajstić information content (AvgIpc) is 3.64. The van der Waals surface area contributed by atoms with E-state index in [9.17, 15) is 0 Å². The fourth-order valence-corrected chi connectivity index (χ4v) is 9.11. The van der Waals surface area contributed by atoms with Gasteiger partial charge in [-0.3, -0.25) is 0 Å². The number of benzene rings is 9. The van der Waals surface area contributed by atoms with Gasteiger partial charge in [0.1, 0.15) is 0 Å². The minimum Gasteiger partial charge on any atom is -0.310 e. The van der Waals surface area contributed by atoms with Crippen LogP contribution in [0.3, 0.4) is 0 Å². The van der Waals surface area contributed by atoms with Crippen LogP contribution >= 0.6 is 11.3 Å². The molecule has 54 heavy (non-hydrogen) atoms. The predicted molar refractivity (Wildman–Crippen MR) is 233 cm³/mol. The molecule has 0 atom stereocenters. The zero-order chi connectivity index (χ0) is 35.8. The van der Waals surface area contributed by atoms with Gasteiger partial charge >= 0.3 is 0 Å². The first-order valence-corrected chi connectivity index (χ1v) is 19.2. The van der Waals surface area contributed by atoms with E-state index in [-0.39, 0.29) is 0 Å². The molecule has 1 nitrogen and oxygen atoms in total. The van der Waals surface area contributed by atoms with Gasteiger partial charge in [-0.05, 0) is 97.7 Å². The zero-order valence-corrected chi connectivity index (χ0v) is 30.4. The van der Waals surface area contributed by atoms with Gasteiger partial charge in [-0.25, -0.2) is 0 Å². The molecular weight excluding hydrogens is 671 g/mol. The van der Waals surface area contributed by atoms with Crippen molar-refractivity contribution in [1.29, 1.82) is 0 Å². The summed E-state index contributed by atoms with van der Waals surface area (Å²) in [6, 6.07) is 77.1. The van der Waals surface area contributed by atoms with E-state index >= 15 is 0 Å². The van der Waals surface area contributed by atoms with Gasteiger partial charge in [0, 0.05) is 31.5 Å². The molecule has 0 aliphatic rings. The first kappa shape index (κ1) is 32.0. The fourth-order valence-electron chi connectivity index (χ4n) is 7.98. The van der Waals surface area contributed by atoms with Crippen molar-refractivity contribution in [2.75, 3.05) is 4.90 Å². The Bertz CT molecular complexity index is 2910. The van der Waals surface area contributed by atoms with E-state index in [1.165, 1.54) is 81.1 Å². The lowest BCUT2D eigenvalue weighted by molar-refractivity contribution is 1.30. The van der Waals surface area contributed by atoms with Gasteiger partial charge < -0.3 is 4.90 Å². The summed E-state index contributed by atoms with van der Waals surface area (Å²) in [5, 5.41) is 5.07. The molecule has 1 heterocycles. The van der Waals surface area contributed by atoms with Crippen molar-refractivity contribution in [3.8, 4) is 44.5 Å². The zero-order valence-electron chi connectivity index (χ0n) is 29.6. The normalized spacial score (nSPS) is 11.3. The first-order valence-electron chi connectivity index (χ1n) is 18.4. The third-order valence-corrected chi connectivity index (χ3v) is 11.6. The Morgan fingerprint density at radius 2 is 0.833 bits per heavy atom. The van der Waals surface area contributed by atoms with Crippen LogP contribution in [-0.2, 0) is 0 Å². The molecule has 0 N–H and O–H groups in total. The molecule has 0 radical (unpaired) electrons. The fraction of sp³-hybridized carbons (Fsp3) is 0. The highest BCUT2D eigenvalue weighted by Gasteiger charge is 2.20. The molecule has 2 heteroatoms. The van der Waals surface area contributed by atoms with Crippen molar-refractivity contribution in [3.05, 3.63) is 212 Å². The lowest BCUT2D eigenvalue weighted by atomic mass is 9.90. The second-order valence-corrected chi connectivity index (χ2v) is 14.7. The Balaban J connectivity index is 1.12. The summed E-state index contributed by atoms with van der Waals surface area (Å²) in [6.07, 6.45) is 0. The van der Waals surface area contributed by atoms with E-state index in [0.717, 1.165) is 11.4 Å². The number of rotatable bonds is 7. The Morgan fingerprint density at radius 1 is 0.315 bits per heavy atom. The Labute approximate surface area is 319 Å². The standard InChI is InChI=1S/C52H35NS/c1-3-14-36(15-4-1)43-19-9-10-20-44(43)38-26-31-41(32-27-38)53(48-23-13-25-50-52(48)47-22-11-12-24-49(47)54-50)42-33-28-39(29-34-42)46-35-30-37-16-7-8-21-45(37)51(46)40-17-5-2-6-18-40/h1-35H. The molecule has 10 aromatic rings. The molecule has 0 aliphatic heterocycles. The van der Waals surface area contributed by atoms with Crippen LogP contribution < -0.4 is 4.90 Å². The summed E-state index contributed by atoms with van der Waals surface area (Å²) in [7, 11) is 0. The molecule has 9 aromatic carbocycles. The summed E-state index contributed by atoms with van der Waals surface area (Å²) in [4.78, 5) is 2.43. The number of hydrogen-bond acceptors (Lipinski definition) is 2. The molecule has 0 spiro atoms. The Morgan fingerprint density at radius 3 is 1.52 bits per heavy atom. The maximum absolute atomic E-state index is 2.43. The summed E-state index contributed by atoms with van der Waals surface area (Å²) in [6.45, 7) is 0. The highest BCUT2D eigenvalue weighted by molar-refractivity contribution is 7.26.